The molecule has 3 heterocycles. The first-order chi connectivity index (χ1) is 15.2. The number of rotatable bonds is 6. The van der Waals surface area contributed by atoms with Gasteiger partial charge in [0.25, 0.3) is 0 Å². The largest absolute Gasteiger partial charge is 0.378 e. The van der Waals surface area contributed by atoms with Crippen LogP contribution in [0.25, 0.3) is 0 Å². The normalized spacial score (nSPS) is 18.7. The van der Waals surface area contributed by atoms with E-state index in [9.17, 15) is 4.39 Å². The van der Waals surface area contributed by atoms with Crippen molar-refractivity contribution in [2.45, 2.75) is 38.6 Å². The second kappa shape index (κ2) is 11.8. The summed E-state index contributed by atoms with van der Waals surface area (Å²) in [6.45, 7) is 4.32. The number of hydrogen-bond acceptors (Lipinski definition) is 6. The molecule has 0 bridgehead atoms. The van der Waals surface area contributed by atoms with Gasteiger partial charge in [0.15, 0.2) is 11.8 Å². The highest BCUT2D eigenvalue weighted by Gasteiger charge is 2.22. The molecule has 32 heavy (non-hydrogen) atoms. The fraction of sp³-hybridized carbons (Fsp3) is 0.571. The second-order valence-electron chi connectivity index (χ2n) is 7.75. The quantitative estimate of drug-likeness (QED) is 0.317. The summed E-state index contributed by atoms with van der Waals surface area (Å²) in [5.74, 6) is 2.18. The number of guanidine groups is 1. The Morgan fingerprint density at radius 1 is 1.34 bits per heavy atom. The molecule has 0 amide bonds. The van der Waals surface area contributed by atoms with Crippen LogP contribution in [0.3, 0.4) is 0 Å². The van der Waals surface area contributed by atoms with Crippen LogP contribution >= 0.6 is 24.0 Å². The minimum atomic E-state index is -0.206. The van der Waals surface area contributed by atoms with E-state index in [4.69, 9.17) is 9.47 Å². The smallest absolute Gasteiger partial charge is 0.191 e. The summed E-state index contributed by atoms with van der Waals surface area (Å²) in [4.78, 5) is 10.8. The molecule has 4 rings (SSSR count). The molecule has 1 aromatic carbocycles. The number of hydrogen-bond donors (Lipinski definition) is 2. The van der Waals surface area contributed by atoms with E-state index in [1.165, 1.54) is 0 Å². The van der Waals surface area contributed by atoms with Crippen LogP contribution in [-0.4, -0.2) is 67.2 Å². The average Bonchev–Trinajstić information content (AvgIpc) is 3.19. The maximum Gasteiger partial charge on any atom is 0.191 e. The van der Waals surface area contributed by atoms with Crippen LogP contribution in [-0.2, 0) is 35.6 Å². The molecule has 9 nitrogen and oxygen atoms in total. The number of ether oxygens (including phenoxy) is 2. The first-order valence-electron chi connectivity index (χ1n) is 10.7. The lowest BCUT2D eigenvalue weighted by Crippen LogP contribution is -2.46. The summed E-state index contributed by atoms with van der Waals surface area (Å²) in [7, 11) is 3.37. The first-order valence-corrected chi connectivity index (χ1v) is 10.7. The Kier molecular flexibility index (Phi) is 9.05. The van der Waals surface area contributed by atoms with Crippen molar-refractivity contribution in [1.82, 2.24) is 25.4 Å². The van der Waals surface area contributed by atoms with Gasteiger partial charge in [-0.05, 0) is 24.1 Å². The Labute approximate surface area is 204 Å². The van der Waals surface area contributed by atoms with E-state index >= 15 is 0 Å². The number of benzene rings is 1. The molecule has 2 N–H and O–H groups in total. The zero-order valence-electron chi connectivity index (χ0n) is 18.5. The van der Waals surface area contributed by atoms with Gasteiger partial charge in [-0.15, -0.1) is 24.0 Å². The maximum absolute atomic E-state index is 14.6. The molecular formula is C21H31FIN7O2. The molecule has 11 heteroatoms. The van der Waals surface area contributed by atoms with Crippen molar-refractivity contribution < 1.29 is 13.9 Å². The second-order valence-corrected chi connectivity index (χ2v) is 7.75. The Morgan fingerprint density at radius 3 is 2.88 bits per heavy atom. The fourth-order valence-corrected chi connectivity index (χ4v) is 3.96. The minimum absolute atomic E-state index is 0. The Hall–Kier alpha value is -1.99. The highest BCUT2D eigenvalue weighted by molar-refractivity contribution is 14.0. The number of aryl methyl sites for hydroxylation is 1. The van der Waals surface area contributed by atoms with Crippen molar-refractivity contribution in [3.8, 4) is 0 Å². The third kappa shape index (κ3) is 6.07. The Balaban J connectivity index is 0.00000289. The predicted molar refractivity (Wildman–Crippen MR) is 131 cm³/mol. The van der Waals surface area contributed by atoms with Gasteiger partial charge >= 0.3 is 0 Å². The van der Waals surface area contributed by atoms with Crippen molar-refractivity contribution in [3.05, 3.63) is 41.2 Å². The molecule has 1 atom stereocenters. The standard InChI is InChI=1S/C21H30FN7O2.HI/c1-23-21(25-16-4-6-20-26-19(14-30-2)27-29(20)13-16)24-12-15-3-5-18(17(22)11-15)28-7-9-31-10-8-28;/h3,5,11,16H,4,6-10,12-14H2,1-2H3,(H2,23,24,25);1H. The molecular weight excluding hydrogens is 528 g/mol. The topological polar surface area (TPSA) is 88.8 Å². The molecule has 0 spiro atoms. The summed E-state index contributed by atoms with van der Waals surface area (Å²) < 4.78 is 27.0. The van der Waals surface area contributed by atoms with E-state index < -0.39 is 0 Å². The molecule has 2 aliphatic rings. The van der Waals surface area contributed by atoms with Crippen LogP contribution < -0.4 is 15.5 Å². The Bertz CT molecular complexity index is 918. The van der Waals surface area contributed by atoms with Crippen LogP contribution in [0.15, 0.2) is 23.2 Å². The average molecular weight is 559 g/mol. The lowest BCUT2D eigenvalue weighted by molar-refractivity contribution is 0.122. The van der Waals surface area contributed by atoms with Crippen molar-refractivity contribution >= 4 is 35.6 Å². The SMILES string of the molecule is CN=C(NCc1ccc(N2CCOCC2)c(F)c1)NC1CCc2nc(COC)nn2C1.I. The van der Waals surface area contributed by atoms with Crippen molar-refractivity contribution in [2.75, 3.05) is 45.4 Å². The maximum atomic E-state index is 14.6. The van der Waals surface area contributed by atoms with Gasteiger partial charge in [-0.2, -0.15) is 5.10 Å². The van der Waals surface area contributed by atoms with Crippen LogP contribution in [0.1, 0.15) is 23.6 Å². The summed E-state index contributed by atoms with van der Waals surface area (Å²) in [6, 6.07) is 5.58. The summed E-state index contributed by atoms with van der Waals surface area (Å²) in [6.07, 6.45) is 1.79. The number of aromatic nitrogens is 3. The zero-order chi connectivity index (χ0) is 21.6. The van der Waals surface area contributed by atoms with Gasteiger partial charge in [0.1, 0.15) is 18.2 Å². The number of aliphatic imine (C=N–C) groups is 1. The van der Waals surface area contributed by atoms with Gasteiger partial charge < -0.3 is 25.0 Å². The van der Waals surface area contributed by atoms with Crippen molar-refractivity contribution in [3.63, 3.8) is 0 Å². The highest BCUT2D eigenvalue weighted by atomic mass is 127. The van der Waals surface area contributed by atoms with Gasteiger partial charge in [0, 0.05) is 46.3 Å². The molecule has 176 valence electrons. The van der Waals surface area contributed by atoms with Crippen molar-refractivity contribution in [1.29, 1.82) is 0 Å². The van der Waals surface area contributed by atoms with Crippen molar-refractivity contribution in [2.24, 2.45) is 4.99 Å². The Morgan fingerprint density at radius 2 is 2.16 bits per heavy atom. The molecule has 1 aromatic heterocycles. The van der Waals surface area contributed by atoms with Crippen LogP contribution in [0, 0.1) is 5.82 Å². The molecule has 1 unspecified atom stereocenters. The number of nitrogens with one attached hydrogen (secondary N) is 2. The third-order valence-electron chi connectivity index (χ3n) is 5.56. The molecule has 1 saturated heterocycles. The molecule has 2 aromatic rings. The van der Waals surface area contributed by atoms with E-state index in [1.54, 1.807) is 20.2 Å². The lowest BCUT2D eigenvalue weighted by atomic mass is 10.1. The van der Waals surface area contributed by atoms with Crippen LogP contribution in [0.4, 0.5) is 10.1 Å². The monoisotopic (exact) mass is 559 g/mol. The van der Waals surface area contributed by atoms with Crippen LogP contribution in [0.5, 0.6) is 0 Å². The van der Waals surface area contributed by atoms with Gasteiger partial charge in [-0.25, -0.2) is 14.1 Å². The fourth-order valence-electron chi connectivity index (χ4n) is 3.96. The van der Waals surface area contributed by atoms with Gasteiger partial charge in [-0.3, -0.25) is 4.99 Å². The van der Waals surface area contributed by atoms with E-state index in [0.29, 0.717) is 56.9 Å². The number of anilines is 1. The minimum Gasteiger partial charge on any atom is -0.378 e. The molecule has 0 radical (unpaired) electrons. The number of methoxy groups -OCH3 is 1. The molecule has 2 aliphatic heterocycles. The summed E-state index contributed by atoms with van der Waals surface area (Å²) >= 11 is 0. The van der Waals surface area contributed by atoms with E-state index in [2.05, 4.69) is 25.7 Å². The highest BCUT2D eigenvalue weighted by Crippen LogP contribution is 2.21. The van der Waals surface area contributed by atoms with Gasteiger partial charge in [-0.1, -0.05) is 6.07 Å². The number of nitrogens with zero attached hydrogens (tertiary/aromatic N) is 5. The molecule has 0 saturated carbocycles. The number of fused-ring (bicyclic) bond motifs is 1. The van der Waals surface area contributed by atoms with Gasteiger partial charge in [0.2, 0.25) is 0 Å². The predicted octanol–water partition coefficient (Wildman–Crippen LogP) is 1.70. The van der Waals surface area contributed by atoms with Crippen LogP contribution in [0.2, 0.25) is 0 Å². The number of halogens is 2. The first kappa shape index (κ1) is 24.6. The third-order valence-corrected chi connectivity index (χ3v) is 5.56. The number of morpholine rings is 1. The molecule has 1 fully saturated rings. The summed E-state index contributed by atoms with van der Waals surface area (Å²) in [5, 5.41) is 11.2. The van der Waals surface area contributed by atoms with E-state index in [1.807, 2.05) is 21.7 Å². The van der Waals surface area contributed by atoms with E-state index in [-0.39, 0.29) is 35.8 Å². The molecule has 0 aliphatic carbocycles. The van der Waals surface area contributed by atoms with Gasteiger partial charge in [0.05, 0.1) is 25.4 Å². The zero-order valence-corrected chi connectivity index (χ0v) is 20.8. The lowest BCUT2D eigenvalue weighted by Gasteiger charge is -2.29. The van der Waals surface area contributed by atoms with E-state index in [0.717, 1.165) is 30.8 Å². The summed E-state index contributed by atoms with van der Waals surface area (Å²) in [5.41, 5.74) is 1.50.